The Morgan fingerprint density at radius 2 is 1.85 bits per heavy atom. The number of ether oxygens (including phenoxy) is 1. The molecule has 0 unspecified atom stereocenters. The van der Waals surface area contributed by atoms with E-state index in [1.54, 1.807) is 17.0 Å². The van der Waals surface area contributed by atoms with Crippen molar-refractivity contribution in [2.45, 2.75) is 25.9 Å². The molecule has 3 rings (SSSR count). The summed E-state index contributed by atoms with van der Waals surface area (Å²) in [5.41, 5.74) is -0.466. The number of carbonyl (C=O) groups is 2. The zero-order valence-corrected chi connectivity index (χ0v) is 13.8. The highest BCUT2D eigenvalue weighted by molar-refractivity contribution is 5.95. The second-order valence-corrected chi connectivity index (χ2v) is 5.86. The van der Waals surface area contributed by atoms with Crippen LogP contribution in [-0.2, 0) is 11.0 Å². The molecule has 1 saturated heterocycles. The molecular weight excluding hydrogens is 349 g/mol. The Hall–Kier alpha value is -2.90. The van der Waals surface area contributed by atoms with E-state index in [4.69, 9.17) is 4.74 Å². The lowest BCUT2D eigenvalue weighted by Crippen LogP contribution is -2.23. The highest BCUT2D eigenvalue weighted by Crippen LogP contribution is 2.29. The quantitative estimate of drug-likeness (QED) is 0.615. The number of pyridine rings is 1. The van der Waals surface area contributed by atoms with Crippen molar-refractivity contribution in [3.63, 3.8) is 0 Å². The van der Waals surface area contributed by atoms with Crippen LogP contribution < -0.4 is 9.64 Å². The van der Waals surface area contributed by atoms with E-state index in [0.29, 0.717) is 18.7 Å². The molecule has 1 aliphatic heterocycles. The molecule has 1 amide bonds. The molecule has 0 radical (unpaired) electrons. The molecule has 0 bridgehead atoms. The average molecular weight is 364 g/mol. The Kier molecular flexibility index (Phi) is 4.67. The number of anilines is 1. The highest BCUT2D eigenvalue weighted by atomic mass is 19.4. The zero-order chi connectivity index (χ0) is 18.9. The Morgan fingerprint density at radius 3 is 2.38 bits per heavy atom. The zero-order valence-electron chi connectivity index (χ0n) is 13.8. The molecule has 0 N–H and O–H groups in total. The van der Waals surface area contributed by atoms with Gasteiger partial charge in [0.15, 0.2) is 0 Å². The van der Waals surface area contributed by atoms with Crippen molar-refractivity contribution in [1.29, 1.82) is 0 Å². The topological polar surface area (TPSA) is 59.5 Å². The van der Waals surface area contributed by atoms with Crippen LogP contribution in [0.2, 0.25) is 0 Å². The van der Waals surface area contributed by atoms with Gasteiger partial charge in [0, 0.05) is 18.7 Å². The Balaban J connectivity index is 1.73. The number of benzene rings is 1. The molecule has 0 atom stereocenters. The first-order chi connectivity index (χ1) is 12.3. The second-order valence-electron chi connectivity index (χ2n) is 5.86. The molecule has 1 fully saturated rings. The summed E-state index contributed by atoms with van der Waals surface area (Å²) in [6.07, 6.45) is -3.26. The predicted octanol–water partition coefficient (Wildman–Crippen LogP) is 3.75. The van der Waals surface area contributed by atoms with E-state index in [1.807, 2.05) is 0 Å². The van der Waals surface area contributed by atoms with E-state index in [2.05, 4.69) is 4.98 Å². The molecule has 8 heteroatoms. The molecule has 0 spiro atoms. The first kappa shape index (κ1) is 17.9. The van der Waals surface area contributed by atoms with Crippen molar-refractivity contribution in [1.82, 2.24) is 4.98 Å². The van der Waals surface area contributed by atoms with E-state index in [-0.39, 0.29) is 22.9 Å². The van der Waals surface area contributed by atoms with Crippen LogP contribution in [0, 0.1) is 6.92 Å². The van der Waals surface area contributed by atoms with Crippen LogP contribution in [0.4, 0.5) is 18.9 Å². The SMILES string of the molecule is Cc1nc(C(F)(F)F)ccc1C(=O)Oc1ccc(N2CCCC2=O)cc1. The highest BCUT2D eigenvalue weighted by Gasteiger charge is 2.33. The molecule has 0 aliphatic carbocycles. The van der Waals surface area contributed by atoms with Gasteiger partial charge in [-0.25, -0.2) is 9.78 Å². The molecular formula is C18H15F3N2O3. The third kappa shape index (κ3) is 3.68. The van der Waals surface area contributed by atoms with Crippen LogP contribution in [0.15, 0.2) is 36.4 Å². The molecule has 1 aliphatic rings. The standard InChI is InChI=1S/C18H15F3N2O3/c1-11-14(8-9-15(22-11)18(19,20)21)17(25)26-13-6-4-12(5-7-13)23-10-2-3-16(23)24/h4-9H,2-3,10H2,1H3. The van der Waals surface area contributed by atoms with E-state index in [9.17, 15) is 22.8 Å². The van der Waals surface area contributed by atoms with Gasteiger partial charge < -0.3 is 9.64 Å². The van der Waals surface area contributed by atoms with Gasteiger partial charge in [-0.05, 0) is 49.7 Å². The summed E-state index contributed by atoms with van der Waals surface area (Å²) in [4.78, 5) is 29.0. The molecule has 1 aromatic heterocycles. The van der Waals surface area contributed by atoms with Crippen LogP contribution in [0.1, 0.15) is 34.6 Å². The van der Waals surface area contributed by atoms with E-state index in [0.717, 1.165) is 18.6 Å². The number of nitrogens with zero attached hydrogens (tertiary/aromatic N) is 2. The van der Waals surface area contributed by atoms with Gasteiger partial charge in [-0.1, -0.05) is 0 Å². The average Bonchev–Trinajstić information content (AvgIpc) is 3.00. The third-order valence-electron chi connectivity index (χ3n) is 4.03. The Bertz CT molecular complexity index is 848. The van der Waals surface area contributed by atoms with Crippen LogP contribution in [-0.4, -0.2) is 23.4 Å². The van der Waals surface area contributed by atoms with Crippen molar-refractivity contribution in [2.24, 2.45) is 0 Å². The predicted molar refractivity (Wildman–Crippen MR) is 87.0 cm³/mol. The minimum atomic E-state index is -4.57. The summed E-state index contributed by atoms with van der Waals surface area (Å²) in [6, 6.07) is 8.17. The summed E-state index contributed by atoms with van der Waals surface area (Å²) < 4.78 is 43.1. The second kappa shape index (κ2) is 6.78. The number of aromatic nitrogens is 1. The molecule has 136 valence electrons. The number of alkyl halides is 3. The lowest BCUT2D eigenvalue weighted by atomic mass is 10.2. The largest absolute Gasteiger partial charge is 0.433 e. The molecule has 2 aromatic rings. The number of aryl methyl sites for hydroxylation is 1. The minimum absolute atomic E-state index is 0.0428. The first-order valence-corrected chi connectivity index (χ1v) is 7.93. The molecule has 1 aromatic carbocycles. The number of hydrogen-bond acceptors (Lipinski definition) is 4. The molecule has 2 heterocycles. The number of carbonyl (C=O) groups excluding carboxylic acids is 2. The van der Waals surface area contributed by atoms with Crippen LogP contribution in [0.5, 0.6) is 5.75 Å². The van der Waals surface area contributed by atoms with Crippen molar-refractivity contribution in [3.05, 3.63) is 53.3 Å². The van der Waals surface area contributed by atoms with E-state index < -0.39 is 17.8 Å². The summed E-state index contributed by atoms with van der Waals surface area (Å²) in [7, 11) is 0. The van der Waals surface area contributed by atoms with Crippen molar-refractivity contribution in [3.8, 4) is 5.75 Å². The Morgan fingerprint density at radius 1 is 1.15 bits per heavy atom. The van der Waals surface area contributed by atoms with Gasteiger partial charge >= 0.3 is 12.1 Å². The normalized spacial score (nSPS) is 14.6. The van der Waals surface area contributed by atoms with E-state index >= 15 is 0 Å². The summed E-state index contributed by atoms with van der Waals surface area (Å²) in [5.74, 6) is -0.528. The van der Waals surface area contributed by atoms with Gasteiger partial charge in [0.25, 0.3) is 0 Å². The molecule has 26 heavy (non-hydrogen) atoms. The third-order valence-corrected chi connectivity index (χ3v) is 4.03. The minimum Gasteiger partial charge on any atom is -0.423 e. The van der Waals surface area contributed by atoms with Gasteiger partial charge in [-0.2, -0.15) is 13.2 Å². The fraction of sp³-hybridized carbons (Fsp3) is 0.278. The fourth-order valence-electron chi connectivity index (χ4n) is 2.71. The van der Waals surface area contributed by atoms with Crippen molar-refractivity contribution >= 4 is 17.6 Å². The van der Waals surface area contributed by atoms with Crippen LogP contribution in [0.3, 0.4) is 0 Å². The number of esters is 1. The van der Waals surface area contributed by atoms with Gasteiger partial charge in [0.05, 0.1) is 11.3 Å². The maximum Gasteiger partial charge on any atom is 0.433 e. The van der Waals surface area contributed by atoms with E-state index in [1.165, 1.54) is 19.1 Å². The molecule has 5 nitrogen and oxygen atoms in total. The summed E-state index contributed by atoms with van der Waals surface area (Å²) in [6.45, 7) is 1.96. The number of amides is 1. The van der Waals surface area contributed by atoms with Crippen molar-refractivity contribution in [2.75, 3.05) is 11.4 Å². The maximum absolute atomic E-state index is 12.6. The smallest absolute Gasteiger partial charge is 0.423 e. The monoisotopic (exact) mass is 364 g/mol. The number of halogens is 3. The van der Waals surface area contributed by atoms with Gasteiger partial charge in [-0.3, -0.25) is 4.79 Å². The number of hydrogen-bond donors (Lipinski definition) is 0. The van der Waals surface area contributed by atoms with Crippen LogP contribution >= 0.6 is 0 Å². The van der Waals surface area contributed by atoms with Gasteiger partial charge in [0.1, 0.15) is 11.4 Å². The van der Waals surface area contributed by atoms with Gasteiger partial charge in [0.2, 0.25) is 5.91 Å². The molecule has 0 saturated carbocycles. The number of rotatable bonds is 3. The fourth-order valence-corrected chi connectivity index (χ4v) is 2.71. The summed E-state index contributed by atoms with van der Waals surface area (Å²) in [5, 5.41) is 0. The first-order valence-electron chi connectivity index (χ1n) is 7.93. The lowest BCUT2D eigenvalue weighted by molar-refractivity contribution is -0.141. The van der Waals surface area contributed by atoms with Crippen LogP contribution in [0.25, 0.3) is 0 Å². The Labute approximate surface area is 147 Å². The maximum atomic E-state index is 12.6. The summed E-state index contributed by atoms with van der Waals surface area (Å²) >= 11 is 0. The lowest BCUT2D eigenvalue weighted by Gasteiger charge is -2.16. The van der Waals surface area contributed by atoms with Gasteiger partial charge in [-0.15, -0.1) is 0 Å². The van der Waals surface area contributed by atoms with Crippen molar-refractivity contribution < 1.29 is 27.5 Å².